The number of hydrogen-bond acceptors (Lipinski definition) is 3. The molecule has 0 fully saturated rings. The van der Waals surface area contributed by atoms with Crippen LogP contribution in [0.5, 0.6) is 0 Å². The van der Waals surface area contributed by atoms with E-state index >= 15 is 0 Å². The molecule has 1 aliphatic heterocycles. The molecule has 0 atom stereocenters. The second kappa shape index (κ2) is 4.63. The lowest BCUT2D eigenvalue weighted by Gasteiger charge is -2.28. The Morgan fingerprint density at radius 1 is 1.28 bits per heavy atom. The van der Waals surface area contributed by atoms with Crippen LogP contribution in [-0.4, -0.2) is 16.1 Å². The summed E-state index contributed by atoms with van der Waals surface area (Å²) < 4.78 is 0. The lowest BCUT2D eigenvalue weighted by atomic mass is 9.97. The van der Waals surface area contributed by atoms with Crippen molar-refractivity contribution in [2.24, 2.45) is 0 Å². The molecule has 1 aliphatic rings. The number of benzene rings is 1. The highest BCUT2D eigenvalue weighted by Crippen LogP contribution is 2.33. The van der Waals surface area contributed by atoms with Crippen LogP contribution in [0.1, 0.15) is 19.4 Å². The molecular weight excluding hydrogens is 226 g/mol. The second-order valence-electron chi connectivity index (χ2n) is 4.27. The molecule has 1 aromatic carbocycles. The molecule has 0 bridgehead atoms. The monoisotopic (exact) mass is 241 g/mol. The smallest absolute Gasteiger partial charge is 0.161 e. The summed E-state index contributed by atoms with van der Waals surface area (Å²) in [5.74, 6) is -0.106. The fourth-order valence-corrected chi connectivity index (χ4v) is 2.04. The Balaban J connectivity index is 2.57. The largest absolute Gasteiger partial charge is 0.294 e. The maximum atomic E-state index is 11.5. The van der Waals surface area contributed by atoms with Gasteiger partial charge in [0.1, 0.15) is 0 Å². The predicted molar refractivity (Wildman–Crippen MR) is 70.6 cm³/mol. The quantitative estimate of drug-likeness (QED) is 0.864. The summed E-state index contributed by atoms with van der Waals surface area (Å²) in [7, 11) is 0. The molecule has 0 unspecified atom stereocenters. The SMILES string of the molecule is C=C1C(C(C)=O)=CC(C)=C(c2ccccc2)N1O. The molecule has 1 heterocycles. The van der Waals surface area contributed by atoms with E-state index in [4.69, 9.17) is 0 Å². The first kappa shape index (κ1) is 12.3. The van der Waals surface area contributed by atoms with Crippen molar-refractivity contribution in [1.82, 2.24) is 5.06 Å². The summed E-state index contributed by atoms with van der Waals surface area (Å²) in [5.41, 5.74) is 3.13. The summed E-state index contributed by atoms with van der Waals surface area (Å²) in [6.45, 7) is 7.09. The number of hydrogen-bond donors (Lipinski definition) is 1. The van der Waals surface area contributed by atoms with Crippen molar-refractivity contribution >= 4 is 11.5 Å². The maximum absolute atomic E-state index is 11.5. The first-order valence-corrected chi connectivity index (χ1v) is 5.69. The van der Waals surface area contributed by atoms with Crippen molar-refractivity contribution in [1.29, 1.82) is 0 Å². The first-order valence-electron chi connectivity index (χ1n) is 5.69. The minimum absolute atomic E-state index is 0.106. The molecule has 0 aliphatic carbocycles. The van der Waals surface area contributed by atoms with Crippen LogP contribution in [0.3, 0.4) is 0 Å². The highest BCUT2D eigenvalue weighted by molar-refractivity contribution is 5.99. The van der Waals surface area contributed by atoms with E-state index in [1.165, 1.54) is 6.92 Å². The highest BCUT2D eigenvalue weighted by atomic mass is 16.5. The van der Waals surface area contributed by atoms with E-state index in [1.807, 2.05) is 37.3 Å². The third-order valence-corrected chi connectivity index (χ3v) is 2.94. The van der Waals surface area contributed by atoms with E-state index in [2.05, 4.69) is 6.58 Å². The standard InChI is InChI=1S/C15H15NO2/c1-10-9-14(12(3)17)11(2)16(18)15(10)13-7-5-4-6-8-13/h4-9,18H,2H2,1,3H3. The molecule has 3 nitrogen and oxygen atoms in total. The van der Waals surface area contributed by atoms with Crippen LogP contribution in [0.4, 0.5) is 0 Å². The number of carbonyl (C=O) groups excluding carboxylic acids is 1. The van der Waals surface area contributed by atoms with Gasteiger partial charge in [-0.25, -0.2) is 5.06 Å². The van der Waals surface area contributed by atoms with Crippen LogP contribution >= 0.6 is 0 Å². The Morgan fingerprint density at radius 2 is 1.89 bits per heavy atom. The molecule has 0 saturated carbocycles. The van der Waals surface area contributed by atoms with Gasteiger partial charge in [-0.05, 0) is 25.5 Å². The molecule has 1 aromatic rings. The Bertz CT molecular complexity index is 567. The van der Waals surface area contributed by atoms with E-state index in [0.717, 1.165) is 16.2 Å². The van der Waals surface area contributed by atoms with Gasteiger partial charge in [0.15, 0.2) is 5.78 Å². The lowest BCUT2D eigenvalue weighted by Crippen LogP contribution is -2.24. The van der Waals surface area contributed by atoms with Gasteiger partial charge in [-0.1, -0.05) is 36.9 Å². The highest BCUT2D eigenvalue weighted by Gasteiger charge is 2.24. The lowest BCUT2D eigenvalue weighted by molar-refractivity contribution is -0.114. The van der Waals surface area contributed by atoms with Gasteiger partial charge in [0.05, 0.1) is 11.4 Å². The molecule has 0 radical (unpaired) electrons. The van der Waals surface area contributed by atoms with Crippen molar-refractivity contribution in [2.75, 3.05) is 0 Å². The van der Waals surface area contributed by atoms with E-state index in [1.54, 1.807) is 6.08 Å². The van der Waals surface area contributed by atoms with Crippen molar-refractivity contribution in [3.63, 3.8) is 0 Å². The number of rotatable bonds is 2. The third-order valence-electron chi connectivity index (χ3n) is 2.94. The van der Waals surface area contributed by atoms with Crippen LogP contribution in [0.15, 0.2) is 59.8 Å². The average Bonchev–Trinajstić information content (AvgIpc) is 2.35. The van der Waals surface area contributed by atoms with E-state index < -0.39 is 0 Å². The minimum atomic E-state index is -0.106. The van der Waals surface area contributed by atoms with Gasteiger partial charge < -0.3 is 0 Å². The fourth-order valence-electron chi connectivity index (χ4n) is 2.04. The number of Topliss-reactive ketones (excluding diaryl/α,β-unsaturated/α-hetero) is 1. The summed E-state index contributed by atoms with van der Waals surface area (Å²) in [6, 6.07) is 9.52. The van der Waals surface area contributed by atoms with Crippen LogP contribution < -0.4 is 0 Å². The molecule has 0 amide bonds. The number of carbonyl (C=O) groups is 1. The molecule has 1 N–H and O–H groups in total. The normalized spacial score (nSPS) is 15.8. The number of hydroxylamine groups is 2. The van der Waals surface area contributed by atoms with Crippen LogP contribution in [0.2, 0.25) is 0 Å². The topological polar surface area (TPSA) is 40.5 Å². The Kier molecular flexibility index (Phi) is 3.17. The zero-order chi connectivity index (χ0) is 13.3. The van der Waals surface area contributed by atoms with E-state index in [9.17, 15) is 10.0 Å². The van der Waals surface area contributed by atoms with Gasteiger partial charge in [0.25, 0.3) is 0 Å². The minimum Gasteiger partial charge on any atom is -0.294 e. The van der Waals surface area contributed by atoms with Gasteiger partial charge in [-0.3, -0.25) is 10.0 Å². The zero-order valence-corrected chi connectivity index (χ0v) is 10.5. The molecule has 0 saturated heterocycles. The van der Waals surface area contributed by atoms with E-state index in [0.29, 0.717) is 17.0 Å². The van der Waals surface area contributed by atoms with Crippen molar-refractivity contribution in [3.05, 3.63) is 65.4 Å². The van der Waals surface area contributed by atoms with Gasteiger partial charge in [0, 0.05) is 11.1 Å². The van der Waals surface area contributed by atoms with Crippen LogP contribution in [-0.2, 0) is 4.79 Å². The average molecular weight is 241 g/mol. The van der Waals surface area contributed by atoms with Crippen LogP contribution in [0.25, 0.3) is 5.70 Å². The molecule has 2 rings (SSSR count). The summed E-state index contributed by atoms with van der Waals surface area (Å²) in [6.07, 6.45) is 1.76. The molecule has 0 spiro atoms. The number of allylic oxidation sites excluding steroid dienone is 3. The predicted octanol–water partition coefficient (Wildman–Crippen LogP) is 3.15. The fraction of sp³-hybridized carbons (Fsp3) is 0.133. The van der Waals surface area contributed by atoms with Gasteiger partial charge >= 0.3 is 0 Å². The summed E-state index contributed by atoms with van der Waals surface area (Å²) >= 11 is 0. The second-order valence-corrected chi connectivity index (χ2v) is 4.27. The molecule has 92 valence electrons. The summed E-state index contributed by atoms with van der Waals surface area (Å²) in [4.78, 5) is 11.5. The Morgan fingerprint density at radius 3 is 2.44 bits per heavy atom. The Hall–Kier alpha value is -2.13. The third kappa shape index (κ3) is 2.00. The molecule has 0 aromatic heterocycles. The summed E-state index contributed by atoms with van der Waals surface area (Å²) in [5, 5.41) is 11.2. The Labute approximate surface area is 106 Å². The van der Waals surface area contributed by atoms with Gasteiger partial charge in [0.2, 0.25) is 0 Å². The van der Waals surface area contributed by atoms with Gasteiger partial charge in [-0.15, -0.1) is 0 Å². The van der Waals surface area contributed by atoms with Crippen molar-refractivity contribution < 1.29 is 10.0 Å². The molecular formula is C15H15NO2. The number of nitrogens with zero attached hydrogens (tertiary/aromatic N) is 1. The molecule has 3 heteroatoms. The first-order chi connectivity index (χ1) is 8.52. The maximum Gasteiger partial charge on any atom is 0.161 e. The zero-order valence-electron chi connectivity index (χ0n) is 10.5. The molecule has 18 heavy (non-hydrogen) atoms. The van der Waals surface area contributed by atoms with E-state index in [-0.39, 0.29) is 5.78 Å². The van der Waals surface area contributed by atoms with Crippen LogP contribution in [0, 0.1) is 0 Å². The van der Waals surface area contributed by atoms with Crippen molar-refractivity contribution in [2.45, 2.75) is 13.8 Å². The van der Waals surface area contributed by atoms with Crippen molar-refractivity contribution in [3.8, 4) is 0 Å². The number of ketones is 1. The van der Waals surface area contributed by atoms with Gasteiger partial charge in [-0.2, -0.15) is 0 Å².